The van der Waals surface area contributed by atoms with Gasteiger partial charge in [0.1, 0.15) is 0 Å². The van der Waals surface area contributed by atoms with Gasteiger partial charge in [0.2, 0.25) is 5.79 Å². The Kier molecular flexibility index (Phi) is 9.99. The van der Waals surface area contributed by atoms with E-state index < -0.39 is 5.79 Å². The van der Waals surface area contributed by atoms with Crippen LogP contribution >= 0.6 is 0 Å². The van der Waals surface area contributed by atoms with E-state index in [0.29, 0.717) is 25.7 Å². The van der Waals surface area contributed by atoms with Gasteiger partial charge in [0.25, 0.3) is 0 Å². The predicted octanol–water partition coefficient (Wildman–Crippen LogP) is -1.27. The van der Waals surface area contributed by atoms with Crippen LogP contribution in [0.5, 0.6) is 0 Å². The SMILES string of the molecule is COC(C=O)(CCCN)OC.[InH3]. The van der Waals surface area contributed by atoms with Crippen LogP contribution in [0.25, 0.3) is 0 Å². The van der Waals surface area contributed by atoms with Crippen LogP contribution in [0, 0.1) is 0 Å². The molecule has 0 aliphatic carbocycles. The Morgan fingerprint density at radius 1 is 1.42 bits per heavy atom. The van der Waals surface area contributed by atoms with E-state index in [1.807, 2.05) is 0 Å². The third kappa shape index (κ3) is 4.45. The average Bonchev–Trinajstić information content (AvgIpc) is 2.08. The summed E-state index contributed by atoms with van der Waals surface area (Å²) in [6, 6.07) is 0. The number of hydrogen-bond donors (Lipinski definition) is 1. The second kappa shape index (κ2) is 8.04. The van der Waals surface area contributed by atoms with Gasteiger partial charge in [-0.05, 0) is 13.0 Å². The van der Waals surface area contributed by atoms with Crippen molar-refractivity contribution in [2.45, 2.75) is 18.6 Å². The van der Waals surface area contributed by atoms with Crippen molar-refractivity contribution in [1.82, 2.24) is 0 Å². The molecule has 0 radical (unpaired) electrons. The molecule has 0 saturated carbocycles. The van der Waals surface area contributed by atoms with Crippen molar-refractivity contribution in [2.75, 3.05) is 20.8 Å². The molecule has 0 saturated heterocycles. The molecule has 0 aromatic carbocycles. The standard InChI is InChI=1S/C7H15NO3.In.3H/c1-10-7(6-9,11-2)4-3-5-8;;;;/h6H,3-5,8H2,1-2H3;;;;. The maximum atomic E-state index is 10.5. The third-order valence-electron chi connectivity index (χ3n) is 1.60. The Balaban J connectivity index is 0. The number of carbonyl (C=O) groups is 1. The quantitative estimate of drug-likeness (QED) is 0.486. The summed E-state index contributed by atoms with van der Waals surface area (Å²) in [7, 11) is 2.88. The first kappa shape index (κ1) is 14.9. The molecule has 0 heterocycles. The van der Waals surface area contributed by atoms with Crippen LogP contribution in [0.2, 0.25) is 0 Å². The molecule has 12 heavy (non-hydrogen) atoms. The summed E-state index contributed by atoms with van der Waals surface area (Å²) in [5.41, 5.74) is 5.27. The van der Waals surface area contributed by atoms with E-state index in [0.717, 1.165) is 0 Å². The summed E-state index contributed by atoms with van der Waals surface area (Å²) in [6.07, 6.45) is 1.86. The molecule has 2 N–H and O–H groups in total. The van der Waals surface area contributed by atoms with Crippen LogP contribution in [0.1, 0.15) is 12.8 Å². The molecular formula is C7H18InNO3. The Bertz CT molecular complexity index is 117. The number of nitrogens with two attached hydrogens (primary N) is 1. The summed E-state index contributed by atoms with van der Waals surface area (Å²) in [5.74, 6) is -1.08. The molecule has 0 spiro atoms. The first-order valence-electron chi connectivity index (χ1n) is 3.51. The van der Waals surface area contributed by atoms with Crippen LogP contribution in [-0.2, 0) is 14.3 Å². The number of rotatable bonds is 6. The number of aldehydes is 1. The number of carbonyl (C=O) groups excluding carboxylic acids is 1. The Morgan fingerprint density at radius 3 is 2.17 bits per heavy atom. The van der Waals surface area contributed by atoms with Crippen LogP contribution in [-0.4, -0.2) is 58.7 Å². The molecule has 0 rings (SSSR count). The minimum absolute atomic E-state index is 0. The fourth-order valence-corrected chi connectivity index (χ4v) is 0.791. The van der Waals surface area contributed by atoms with Crippen LogP contribution in [0.4, 0.5) is 0 Å². The van der Waals surface area contributed by atoms with Crippen molar-refractivity contribution < 1.29 is 14.3 Å². The maximum absolute atomic E-state index is 10.5. The molecule has 0 unspecified atom stereocenters. The molecule has 0 aromatic rings. The van der Waals surface area contributed by atoms with E-state index in [1.54, 1.807) is 0 Å². The van der Waals surface area contributed by atoms with Crippen molar-refractivity contribution in [3.8, 4) is 0 Å². The van der Waals surface area contributed by atoms with E-state index in [1.165, 1.54) is 14.2 Å². The molecule has 4 nitrogen and oxygen atoms in total. The number of ether oxygens (including phenoxy) is 2. The molecule has 0 aliphatic rings. The zero-order chi connectivity index (χ0) is 8.74. The normalized spacial score (nSPS) is 10.6. The molecule has 0 aromatic heterocycles. The van der Waals surface area contributed by atoms with Crippen molar-refractivity contribution in [3.63, 3.8) is 0 Å². The van der Waals surface area contributed by atoms with Gasteiger partial charge in [0.15, 0.2) is 6.29 Å². The summed E-state index contributed by atoms with van der Waals surface area (Å²) in [5, 5.41) is 0. The number of hydrogen-bond acceptors (Lipinski definition) is 4. The molecular weight excluding hydrogens is 261 g/mol. The Hall–Kier alpha value is 0.420. The number of methoxy groups -OCH3 is 2. The average molecular weight is 279 g/mol. The van der Waals surface area contributed by atoms with Gasteiger partial charge in [-0.15, -0.1) is 0 Å². The van der Waals surface area contributed by atoms with Crippen LogP contribution < -0.4 is 5.73 Å². The van der Waals surface area contributed by atoms with Crippen molar-refractivity contribution in [1.29, 1.82) is 0 Å². The monoisotopic (exact) mass is 279 g/mol. The minimum atomic E-state index is -1.08. The van der Waals surface area contributed by atoms with Crippen molar-refractivity contribution in [2.24, 2.45) is 5.73 Å². The van der Waals surface area contributed by atoms with Gasteiger partial charge in [-0.1, -0.05) is 0 Å². The summed E-state index contributed by atoms with van der Waals surface area (Å²) in [6.45, 7) is 0.530. The first-order chi connectivity index (χ1) is 5.24. The van der Waals surface area contributed by atoms with Gasteiger partial charge in [0.05, 0.1) is 0 Å². The first-order valence-corrected chi connectivity index (χ1v) is 3.51. The topological polar surface area (TPSA) is 61.5 Å². The zero-order valence-corrected chi connectivity index (χ0v) is 7.00. The summed E-state index contributed by atoms with van der Waals surface area (Å²) >= 11 is 0. The fraction of sp³-hybridized carbons (Fsp3) is 0.857. The Morgan fingerprint density at radius 2 is 1.92 bits per heavy atom. The predicted molar refractivity (Wildman–Crippen MR) is 51.0 cm³/mol. The summed E-state index contributed by atoms with van der Waals surface area (Å²) in [4.78, 5) is 10.5. The van der Waals surface area contributed by atoms with Gasteiger partial charge in [-0.3, -0.25) is 4.79 Å². The molecule has 0 fully saturated rings. The fourth-order valence-electron chi connectivity index (χ4n) is 0.791. The third-order valence-corrected chi connectivity index (χ3v) is 1.60. The zero-order valence-electron chi connectivity index (χ0n) is 7.00. The molecule has 0 amide bonds. The summed E-state index contributed by atoms with van der Waals surface area (Å²) < 4.78 is 9.78. The van der Waals surface area contributed by atoms with Crippen LogP contribution in [0.15, 0.2) is 0 Å². The van der Waals surface area contributed by atoms with Gasteiger partial charge >= 0.3 is 25.8 Å². The van der Waals surface area contributed by atoms with E-state index in [-0.39, 0.29) is 25.8 Å². The molecule has 0 atom stereocenters. The van der Waals surface area contributed by atoms with E-state index in [9.17, 15) is 4.79 Å². The van der Waals surface area contributed by atoms with Crippen molar-refractivity contribution in [3.05, 3.63) is 0 Å². The molecule has 72 valence electrons. The second-order valence-corrected chi connectivity index (χ2v) is 2.23. The van der Waals surface area contributed by atoms with E-state index in [4.69, 9.17) is 15.2 Å². The van der Waals surface area contributed by atoms with E-state index >= 15 is 0 Å². The molecule has 0 bridgehead atoms. The van der Waals surface area contributed by atoms with Gasteiger partial charge in [-0.25, -0.2) is 0 Å². The van der Waals surface area contributed by atoms with Gasteiger partial charge < -0.3 is 15.2 Å². The molecule has 0 aliphatic heterocycles. The second-order valence-electron chi connectivity index (χ2n) is 2.23. The van der Waals surface area contributed by atoms with Gasteiger partial charge in [-0.2, -0.15) is 0 Å². The van der Waals surface area contributed by atoms with E-state index in [2.05, 4.69) is 0 Å². The molecule has 5 heteroatoms. The Labute approximate surface area is 91.6 Å². The van der Waals surface area contributed by atoms with Crippen molar-refractivity contribution >= 4 is 32.1 Å². The van der Waals surface area contributed by atoms with Gasteiger partial charge in [0, 0.05) is 20.6 Å². The van der Waals surface area contributed by atoms with Crippen LogP contribution in [0.3, 0.4) is 0 Å².